The highest BCUT2D eigenvalue weighted by molar-refractivity contribution is 5.42. The second-order valence-corrected chi connectivity index (χ2v) is 11.9. The molecule has 0 unspecified atom stereocenters. The van der Waals surface area contributed by atoms with Gasteiger partial charge < -0.3 is 0 Å². The molecule has 5 rings (SSSR count). The zero-order valence-electron chi connectivity index (χ0n) is 17.6. The van der Waals surface area contributed by atoms with Gasteiger partial charge in [0.2, 0.25) is 0 Å². The first-order chi connectivity index (χ1) is 11.7. The van der Waals surface area contributed by atoms with Crippen molar-refractivity contribution in [1.29, 1.82) is 0 Å². The molecule has 5 aliphatic rings. The molecular weight excluding hydrogens is 300 g/mol. The molecule has 0 heteroatoms. The van der Waals surface area contributed by atoms with E-state index in [2.05, 4.69) is 41.5 Å². The van der Waals surface area contributed by atoms with Crippen LogP contribution >= 0.6 is 0 Å². The zero-order chi connectivity index (χ0) is 17.8. The Labute approximate surface area is 156 Å². The number of rotatable bonds is 1. The van der Waals surface area contributed by atoms with E-state index in [-0.39, 0.29) is 0 Å². The summed E-state index contributed by atoms with van der Waals surface area (Å²) in [5.74, 6) is 5.73. The van der Waals surface area contributed by atoms with Crippen LogP contribution in [0.15, 0.2) is 11.1 Å². The van der Waals surface area contributed by atoms with Crippen LogP contribution in [-0.2, 0) is 0 Å². The van der Waals surface area contributed by atoms with E-state index in [0.29, 0.717) is 16.2 Å². The van der Waals surface area contributed by atoms with Crippen molar-refractivity contribution in [3.63, 3.8) is 0 Å². The van der Waals surface area contributed by atoms with Crippen molar-refractivity contribution < 1.29 is 0 Å². The normalized spacial score (nSPS) is 57.0. The van der Waals surface area contributed by atoms with Crippen LogP contribution in [-0.4, -0.2) is 0 Å². The van der Waals surface area contributed by atoms with Crippen LogP contribution in [0.2, 0.25) is 0 Å². The molecule has 0 aliphatic heterocycles. The fourth-order valence-electron chi connectivity index (χ4n) is 9.75. The summed E-state index contributed by atoms with van der Waals surface area (Å²) in [5, 5.41) is 0. The Hall–Kier alpha value is -0.260. The molecule has 0 radical (unpaired) electrons. The van der Waals surface area contributed by atoms with Crippen LogP contribution in [0.25, 0.3) is 0 Å². The van der Waals surface area contributed by atoms with Crippen LogP contribution in [0.1, 0.15) is 92.9 Å². The molecule has 0 N–H and O–H groups in total. The van der Waals surface area contributed by atoms with E-state index in [1.165, 1.54) is 51.4 Å². The predicted octanol–water partition coefficient (Wildman–Crippen LogP) is 7.25. The minimum Gasteiger partial charge on any atom is -0.0668 e. The van der Waals surface area contributed by atoms with Gasteiger partial charge >= 0.3 is 0 Å². The van der Waals surface area contributed by atoms with Crippen LogP contribution in [0.4, 0.5) is 0 Å². The van der Waals surface area contributed by atoms with Crippen LogP contribution in [0.3, 0.4) is 0 Å². The number of allylic oxidation sites excluding steroid dienone is 2. The van der Waals surface area contributed by atoms with Gasteiger partial charge in [-0.3, -0.25) is 0 Å². The summed E-state index contributed by atoms with van der Waals surface area (Å²) in [7, 11) is 0. The monoisotopic (exact) mass is 340 g/mol. The quantitative estimate of drug-likeness (QED) is 0.441. The highest BCUT2D eigenvalue weighted by Gasteiger charge is 2.70. The summed E-state index contributed by atoms with van der Waals surface area (Å²) in [6.45, 7) is 15.6. The smallest absolute Gasteiger partial charge is 0.000225 e. The van der Waals surface area contributed by atoms with Crippen molar-refractivity contribution in [3.05, 3.63) is 11.1 Å². The summed E-state index contributed by atoms with van der Waals surface area (Å²) in [6, 6.07) is 0. The number of hydrogen-bond donors (Lipinski definition) is 0. The lowest BCUT2D eigenvalue weighted by atomic mass is 9.54. The van der Waals surface area contributed by atoms with Crippen molar-refractivity contribution in [1.82, 2.24) is 0 Å². The standard InChI is InChI=1S/C25H40/c1-15(2)18-8-10-23(5)14-22-19(13-21(18)23)17(4)25-12-7-16(3)20(25)9-11-24(22,25)6/h15-16,18,20-22H,7-14H2,1-6H3/t16-,18-,20+,21+,22+,23-,24+,25+/m1/s1. The van der Waals surface area contributed by atoms with Gasteiger partial charge in [0.05, 0.1) is 0 Å². The molecule has 8 atom stereocenters. The molecule has 5 aliphatic carbocycles. The van der Waals surface area contributed by atoms with Crippen LogP contribution in [0.5, 0.6) is 0 Å². The first-order valence-corrected chi connectivity index (χ1v) is 11.4. The Kier molecular flexibility index (Phi) is 3.35. The van der Waals surface area contributed by atoms with E-state index in [0.717, 1.165) is 35.5 Å². The maximum atomic E-state index is 2.74. The van der Waals surface area contributed by atoms with Gasteiger partial charge in [0.25, 0.3) is 0 Å². The Morgan fingerprint density at radius 1 is 0.960 bits per heavy atom. The van der Waals surface area contributed by atoms with Crippen molar-refractivity contribution in [3.8, 4) is 0 Å². The van der Waals surface area contributed by atoms with Gasteiger partial charge in [-0.1, -0.05) is 45.8 Å². The lowest BCUT2D eigenvalue weighted by Crippen LogP contribution is -2.43. The molecule has 0 aromatic carbocycles. The van der Waals surface area contributed by atoms with E-state index in [1.54, 1.807) is 0 Å². The Balaban J connectivity index is 1.60. The molecule has 0 nitrogen and oxygen atoms in total. The highest BCUT2D eigenvalue weighted by Crippen LogP contribution is 2.79. The van der Waals surface area contributed by atoms with Gasteiger partial charge in [0.15, 0.2) is 0 Å². The van der Waals surface area contributed by atoms with Gasteiger partial charge in [-0.25, -0.2) is 0 Å². The molecule has 0 bridgehead atoms. The third kappa shape index (κ3) is 1.76. The molecule has 140 valence electrons. The number of hydrogen-bond acceptors (Lipinski definition) is 0. The van der Waals surface area contributed by atoms with E-state index in [1.807, 2.05) is 11.1 Å². The minimum atomic E-state index is 0.603. The molecule has 0 saturated heterocycles. The second-order valence-electron chi connectivity index (χ2n) is 11.9. The molecule has 4 saturated carbocycles. The lowest BCUT2D eigenvalue weighted by molar-refractivity contribution is 0.0203. The first-order valence-electron chi connectivity index (χ1n) is 11.4. The van der Waals surface area contributed by atoms with Crippen LogP contribution < -0.4 is 0 Å². The van der Waals surface area contributed by atoms with Crippen molar-refractivity contribution >= 4 is 0 Å². The highest BCUT2D eigenvalue weighted by atomic mass is 14.7. The SMILES string of the molecule is CC1=C2C[C@H]3[C@@H](C(C)C)CC[C@]3(C)C[C@@H]2[C@]2(C)CC[C@H]3[C@H](C)CC[C@]132. The molecule has 25 heavy (non-hydrogen) atoms. The van der Waals surface area contributed by atoms with Gasteiger partial charge in [0.1, 0.15) is 0 Å². The summed E-state index contributed by atoms with van der Waals surface area (Å²) < 4.78 is 0. The average molecular weight is 341 g/mol. The first kappa shape index (κ1) is 16.9. The van der Waals surface area contributed by atoms with Crippen LogP contribution in [0, 0.1) is 51.8 Å². The molecular formula is C25H40. The second kappa shape index (κ2) is 4.96. The maximum absolute atomic E-state index is 2.74. The van der Waals surface area contributed by atoms with E-state index < -0.39 is 0 Å². The van der Waals surface area contributed by atoms with Crippen molar-refractivity contribution in [2.45, 2.75) is 92.9 Å². The summed E-state index contributed by atoms with van der Waals surface area (Å²) >= 11 is 0. The zero-order valence-corrected chi connectivity index (χ0v) is 17.6. The molecule has 0 amide bonds. The topological polar surface area (TPSA) is 0 Å². The van der Waals surface area contributed by atoms with Gasteiger partial charge in [-0.2, -0.15) is 0 Å². The largest absolute Gasteiger partial charge is 0.0668 e. The Bertz CT molecular complexity index is 626. The minimum absolute atomic E-state index is 0.603. The predicted molar refractivity (Wildman–Crippen MR) is 106 cm³/mol. The molecule has 1 spiro atoms. The lowest BCUT2D eigenvalue weighted by Gasteiger charge is -2.50. The molecule has 0 heterocycles. The van der Waals surface area contributed by atoms with E-state index >= 15 is 0 Å². The third-order valence-electron chi connectivity index (χ3n) is 11.1. The van der Waals surface area contributed by atoms with E-state index in [9.17, 15) is 0 Å². The fraction of sp³-hybridized carbons (Fsp3) is 0.920. The summed E-state index contributed by atoms with van der Waals surface area (Å²) in [5.41, 5.74) is 5.75. The molecule has 0 aromatic rings. The van der Waals surface area contributed by atoms with Gasteiger partial charge in [0, 0.05) is 5.41 Å². The molecule has 0 aromatic heterocycles. The summed E-state index contributed by atoms with van der Waals surface area (Å²) in [6.07, 6.45) is 12.0. The molecule has 4 fully saturated rings. The van der Waals surface area contributed by atoms with Crippen molar-refractivity contribution in [2.75, 3.05) is 0 Å². The summed E-state index contributed by atoms with van der Waals surface area (Å²) in [4.78, 5) is 0. The van der Waals surface area contributed by atoms with Crippen molar-refractivity contribution in [2.24, 2.45) is 51.8 Å². The van der Waals surface area contributed by atoms with E-state index in [4.69, 9.17) is 0 Å². The Morgan fingerprint density at radius 3 is 2.44 bits per heavy atom. The Morgan fingerprint density at radius 2 is 1.72 bits per heavy atom. The fourth-order valence-corrected chi connectivity index (χ4v) is 9.75. The van der Waals surface area contributed by atoms with Gasteiger partial charge in [-0.05, 0) is 105 Å². The maximum Gasteiger partial charge on any atom is 0.000225 e. The average Bonchev–Trinajstić information content (AvgIpc) is 3.20. The number of fused-ring (bicyclic) bond motifs is 3. The van der Waals surface area contributed by atoms with Gasteiger partial charge in [-0.15, -0.1) is 0 Å². The third-order valence-corrected chi connectivity index (χ3v) is 11.1.